The van der Waals surface area contributed by atoms with Crippen molar-refractivity contribution in [2.24, 2.45) is 0 Å². The standard InChI is InChI=1S/C20H28N2O3/c1-2-18(23)21-17-8-6-16(7-9-17)20(10-4-3-5-11-20)19(24)22-12-14-25-15-13-22/h6-9H,2-5,10-15H2,1H3,(H,21,23). The summed E-state index contributed by atoms with van der Waals surface area (Å²) in [7, 11) is 0. The third-order valence-corrected chi connectivity index (χ3v) is 5.46. The topological polar surface area (TPSA) is 58.6 Å². The lowest BCUT2D eigenvalue weighted by Crippen LogP contribution is -2.51. The fourth-order valence-electron chi connectivity index (χ4n) is 3.97. The minimum Gasteiger partial charge on any atom is -0.378 e. The summed E-state index contributed by atoms with van der Waals surface area (Å²) in [6.07, 6.45) is 5.65. The minimum atomic E-state index is -0.414. The molecule has 1 aromatic rings. The number of amides is 2. The van der Waals surface area contributed by atoms with Gasteiger partial charge in [0, 0.05) is 25.2 Å². The van der Waals surface area contributed by atoms with Gasteiger partial charge in [0.1, 0.15) is 0 Å². The Kier molecular flexibility index (Phi) is 5.74. The van der Waals surface area contributed by atoms with Crippen LogP contribution in [0.5, 0.6) is 0 Å². The van der Waals surface area contributed by atoms with E-state index in [1.165, 1.54) is 6.42 Å². The highest BCUT2D eigenvalue weighted by Gasteiger charge is 2.43. The van der Waals surface area contributed by atoms with Gasteiger partial charge in [-0.25, -0.2) is 0 Å². The second kappa shape index (κ2) is 8.00. The molecule has 5 heteroatoms. The maximum Gasteiger partial charge on any atom is 0.233 e. The Morgan fingerprint density at radius 3 is 2.32 bits per heavy atom. The van der Waals surface area contributed by atoms with Crippen molar-refractivity contribution in [2.75, 3.05) is 31.6 Å². The highest BCUT2D eigenvalue weighted by atomic mass is 16.5. The summed E-state index contributed by atoms with van der Waals surface area (Å²) in [5.41, 5.74) is 1.46. The molecule has 0 aromatic heterocycles. The first kappa shape index (κ1) is 17.9. The summed E-state index contributed by atoms with van der Waals surface area (Å²) in [5.74, 6) is 0.255. The van der Waals surface area contributed by atoms with Gasteiger partial charge in [-0.15, -0.1) is 0 Å². The Morgan fingerprint density at radius 2 is 1.72 bits per heavy atom. The lowest BCUT2D eigenvalue weighted by Gasteiger charge is -2.41. The molecule has 1 N–H and O–H groups in total. The van der Waals surface area contributed by atoms with Gasteiger partial charge < -0.3 is 15.0 Å². The van der Waals surface area contributed by atoms with Gasteiger partial charge in [0.25, 0.3) is 0 Å². The van der Waals surface area contributed by atoms with E-state index in [4.69, 9.17) is 4.74 Å². The van der Waals surface area contributed by atoms with Gasteiger partial charge in [0.15, 0.2) is 0 Å². The number of ether oxygens (including phenoxy) is 1. The largest absolute Gasteiger partial charge is 0.378 e. The highest BCUT2D eigenvalue weighted by Crippen LogP contribution is 2.41. The van der Waals surface area contributed by atoms with Gasteiger partial charge in [-0.3, -0.25) is 9.59 Å². The average Bonchev–Trinajstić information content (AvgIpc) is 2.69. The number of carbonyl (C=O) groups excluding carboxylic acids is 2. The van der Waals surface area contributed by atoms with Gasteiger partial charge in [-0.2, -0.15) is 0 Å². The first-order valence-electron chi connectivity index (χ1n) is 9.43. The maximum absolute atomic E-state index is 13.4. The second-order valence-corrected chi connectivity index (χ2v) is 7.03. The maximum atomic E-state index is 13.4. The molecule has 5 nitrogen and oxygen atoms in total. The third kappa shape index (κ3) is 3.87. The van der Waals surface area contributed by atoms with Crippen LogP contribution in [0.1, 0.15) is 51.0 Å². The quantitative estimate of drug-likeness (QED) is 0.913. The molecule has 1 saturated heterocycles. The molecule has 0 spiro atoms. The van der Waals surface area contributed by atoms with E-state index in [0.29, 0.717) is 32.7 Å². The van der Waals surface area contributed by atoms with Gasteiger partial charge in [-0.1, -0.05) is 38.3 Å². The molecule has 0 atom stereocenters. The molecular formula is C20H28N2O3. The van der Waals surface area contributed by atoms with Crippen molar-refractivity contribution in [3.63, 3.8) is 0 Å². The lowest BCUT2D eigenvalue weighted by atomic mass is 9.68. The molecule has 0 bridgehead atoms. The van der Waals surface area contributed by atoms with Crippen LogP contribution in [0, 0.1) is 0 Å². The predicted octanol–water partition coefficient (Wildman–Crippen LogP) is 3.10. The van der Waals surface area contributed by atoms with Crippen LogP contribution in [0.25, 0.3) is 0 Å². The van der Waals surface area contributed by atoms with Crippen LogP contribution in [0.15, 0.2) is 24.3 Å². The summed E-state index contributed by atoms with van der Waals surface area (Å²) >= 11 is 0. The number of anilines is 1. The number of morpholine rings is 1. The summed E-state index contributed by atoms with van der Waals surface area (Å²) in [4.78, 5) is 26.9. The Morgan fingerprint density at radius 1 is 1.08 bits per heavy atom. The molecule has 1 saturated carbocycles. The summed E-state index contributed by atoms with van der Waals surface area (Å²) in [6, 6.07) is 7.89. The van der Waals surface area contributed by atoms with Crippen molar-refractivity contribution >= 4 is 17.5 Å². The summed E-state index contributed by atoms with van der Waals surface area (Å²) in [5, 5.41) is 2.88. The fraction of sp³-hybridized carbons (Fsp3) is 0.600. The molecule has 1 heterocycles. The molecule has 0 radical (unpaired) electrons. The predicted molar refractivity (Wildman–Crippen MR) is 97.5 cm³/mol. The van der Waals surface area contributed by atoms with E-state index in [1.807, 2.05) is 36.1 Å². The number of nitrogens with one attached hydrogen (secondary N) is 1. The minimum absolute atomic E-state index is 0.00419. The molecule has 2 amide bonds. The van der Waals surface area contributed by atoms with Crippen LogP contribution in [0.2, 0.25) is 0 Å². The molecule has 2 aliphatic rings. The van der Waals surface area contributed by atoms with E-state index in [1.54, 1.807) is 0 Å². The molecule has 0 unspecified atom stereocenters. The smallest absolute Gasteiger partial charge is 0.233 e. The molecule has 136 valence electrons. The molecule has 1 aromatic carbocycles. The van der Waals surface area contributed by atoms with Crippen LogP contribution >= 0.6 is 0 Å². The first-order valence-corrected chi connectivity index (χ1v) is 9.43. The third-order valence-electron chi connectivity index (χ3n) is 5.46. The number of rotatable bonds is 4. The Hall–Kier alpha value is -1.88. The first-order chi connectivity index (χ1) is 12.2. The van der Waals surface area contributed by atoms with Crippen molar-refractivity contribution in [3.05, 3.63) is 29.8 Å². The zero-order valence-electron chi connectivity index (χ0n) is 15.1. The van der Waals surface area contributed by atoms with Crippen molar-refractivity contribution in [1.82, 2.24) is 4.90 Å². The number of hydrogen-bond donors (Lipinski definition) is 1. The molecule has 1 aliphatic heterocycles. The van der Waals surface area contributed by atoms with Crippen LogP contribution in [-0.2, 0) is 19.7 Å². The summed E-state index contributed by atoms with van der Waals surface area (Å²) in [6.45, 7) is 4.46. The molecule has 2 fully saturated rings. The van der Waals surface area contributed by atoms with Crippen molar-refractivity contribution in [1.29, 1.82) is 0 Å². The second-order valence-electron chi connectivity index (χ2n) is 7.03. The molecule has 1 aliphatic carbocycles. The molecule has 3 rings (SSSR count). The monoisotopic (exact) mass is 344 g/mol. The van der Waals surface area contributed by atoms with Crippen molar-refractivity contribution in [2.45, 2.75) is 50.9 Å². The normalized spacial score (nSPS) is 20.1. The SMILES string of the molecule is CCC(=O)Nc1ccc(C2(C(=O)N3CCOCC3)CCCCC2)cc1. The van der Waals surface area contributed by atoms with E-state index in [2.05, 4.69) is 5.32 Å². The van der Waals surface area contributed by atoms with E-state index in [9.17, 15) is 9.59 Å². The van der Waals surface area contributed by atoms with Crippen molar-refractivity contribution in [3.8, 4) is 0 Å². The van der Waals surface area contributed by atoms with Crippen molar-refractivity contribution < 1.29 is 14.3 Å². The van der Waals surface area contributed by atoms with Gasteiger partial charge in [0.05, 0.1) is 18.6 Å². The summed E-state index contributed by atoms with van der Waals surface area (Å²) < 4.78 is 5.41. The Labute approximate surface area is 149 Å². The zero-order chi connectivity index (χ0) is 17.7. The van der Waals surface area contributed by atoms with Crippen LogP contribution in [-0.4, -0.2) is 43.0 Å². The van der Waals surface area contributed by atoms with Crippen LogP contribution in [0.3, 0.4) is 0 Å². The zero-order valence-corrected chi connectivity index (χ0v) is 15.1. The van der Waals surface area contributed by atoms with E-state index >= 15 is 0 Å². The number of carbonyl (C=O) groups is 2. The number of nitrogens with zero attached hydrogens (tertiary/aromatic N) is 1. The fourth-order valence-corrected chi connectivity index (χ4v) is 3.97. The van der Waals surface area contributed by atoms with Gasteiger partial charge in [0.2, 0.25) is 11.8 Å². The van der Waals surface area contributed by atoms with Crippen LogP contribution < -0.4 is 5.32 Å². The Bertz CT molecular complexity index is 600. The van der Waals surface area contributed by atoms with E-state index < -0.39 is 5.41 Å². The van der Waals surface area contributed by atoms with Crippen LogP contribution in [0.4, 0.5) is 5.69 Å². The average molecular weight is 344 g/mol. The molecule has 25 heavy (non-hydrogen) atoms. The van der Waals surface area contributed by atoms with E-state index in [0.717, 1.165) is 36.9 Å². The van der Waals surface area contributed by atoms with E-state index in [-0.39, 0.29) is 11.8 Å². The van der Waals surface area contributed by atoms with Gasteiger partial charge in [-0.05, 0) is 30.5 Å². The molecular weight excluding hydrogens is 316 g/mol. The number of benzene rings is 1. The number of hydrogen-bond acceptors (Lipinski definition) is 3. The lowest BCUT2D eigenvalue weighted by molar-refractivity contribution is -0.143. The Balaban J connectivity index is 1.84. The highest BCUT2D eigenvalue weighted by molar-refractivity contribution is 5.91. The van der Waals surface area contributed by atoms with Gasteiger partial charge >= 0.3 is 0 Å².